The van der Waals surface area contributed by atoms with Gasteiger partial charge in [0.2, 0.25) is 0 Å². The number of rotatable bonds is 7. The summed E-state index contributed by atoms with van der Waals surface area (Å²) in [6, 6.07) is 6.25. The van der Waals surface area contributed by atoms with Crippen molar-refractivity contribution in [1.82, 2.24) is 14.9 Å². The smallest absolute Gasteiger partial charge is 0.113 e. The van der Waals surface area contributed by atoms with Crippen LogP contribution in [0.5, 0.6) is 0 Å². The molecule has 0 unspecified atom stereocenters. The maximum Gasteiger partial charge on any atom is 0.113 e. The lowest BCUT2D eigenvalue weighted by Crippen LogP contribution is -2.14. The van der Waals surface area contributed by atoms with Gasteiger partial charge in [-0.25, -0.2) is 4.98 Å². The molecule has 1 heterocycles. The molecule has 0 atom stereocenters. The van der Waals surface area contributed by atoms with E-state index in [0.29, 0.717) is 0 Å². The first-order chi connectivity index (χ1) is 9.74. The second kappa shape index (κ2) is 7.46. The maximum atomic E-state index is 6.25. The van der Waals surface area contributed by atoms with Crippen LogP contribution in [-0.4, -0.2) is 16.1 Å². The van der Waals surface area contributed by atoms with Crippen LogP contribution < -0.4 is 5.32 Å². The SMILES string of the molecule is CCCNCc1cc(Cc2nccn2CC)ccc1Cl. The van der Waals surface area contributed by atoms with Crippen LogP contribution in [0.25, 0.3) is 0 Å². The average Bonchev–Trinajstić information content (AvgIpc) is 2.89. The minimum absolute atomic E-state index is 0.822. The van der Waals surface area contributed by atoms with Crippen LogP contribution >= 0.6 is 11.6 Å². The van der Waals surface area contributed by atoms with Crippen molar-refractivity contribution in [2.45, 2.75) is 39.8 Å². The summed E-state index contributed by atoms with van der Waals surface area (Å²) in [4.78, 5) is 4.42. The number of imidazole rings is 1. The number of nitrogens with zero attached hydrogens (tertiary/aromatic N) is 2. The Bertz CT molecular complexity index is 548. The highest BCUT2D eigenvalue weighted by atomic mass is 35.5. The molecule has 20 heavy (non-hydrogen) atoms. The van der Waals surface area contributed by atoms with Gasteiger partial charge in [0.15, 0.2) is 0 Å². The predicted octanol–water partition coefficient (Wildman–Crippen LogP) is 3.65. The van der Waals surface area contributed by atoms with Gasteiger partial charge in [0.1, 0.15) is 5.82 Å². The fourth-order valence-corrected chi connectivity index (χ4v) is 2.44. The Morgan fingerprint density at radius 3 is 2.90 bits per heavy atom. The topological polar surface area (TPSA) is 29.9 Å². The molecule has 0 spiro atoms. The van der Waals surface area contributed by atoms with Gasteiger partial charge in [0.05, 0.1) is 0 Å². The highest BCUT2D eigenvalue weighted by Gasteiger charge is 2.06. The number of halogens is 1. The van der Waals surface area contributed by atoms with E-state index in [1.54, 1.807) is 0 Å². The summed E-state index contributed by atoms with van der Waals surface area (Å²) >= 11 is 6.25. The molecule has 0 saturated carbocycles. The summed E-state index contributed by atoms with van der Waals surface area (Å²) < 4.78 is 2.17. The Kier molecular flexibility index (Phi) is 5.62. The van der Waals surface area contributed by atoms with Crippen LogP contribution in [-0.2, 0) is 19.5 Å². The van der Waals surface area contributed by atoms with Gasteiger partial charge in [-0.3, -0.25) is 0 Å². The van der Waals surface area contributed by atoms with E-state index in [1.165, 1.54) is 5.56 Å². The van der Waals surface area contributed by atoms with E-state index in [0.717, 1.165) is 48.9 Å². The molecule has 0 radical (unpaired) electrons. The zero-order valence-corrected chi connectivity index (χ0v) is 13.0. The van der Waals surface area contributed by atoms with Crippen molar-refractivity contribution < 1.29 is 0 Å². The first-order valence-corrected chi connectivity index (χ1v) is 7.60. The fourth-order valence-electron chi connectivity index (χ4n) is 2.25. The van der Waals surface area contributed by atoms with Gasteiger partial charge in [-0.05, 0) is 37.1 Å². The quantitative estimate of drug-likeness (QED) is 0.789. The Labute approximate surface area is 126 Å². The summed E-state index contributed by atoms with van der Waals surface area (Å²) in [6.45, 7) is 7.08. The first kappa shape index (κ1) is 15.1. The molecular formula is C16H22ClN3. The van der Waals surface area contributed by atoms with E-state index in [-0.39, 0.29) is 0 Å². The second-order valence-corrected chi connectivity index (χ2v) is 5.32. The lowest BCUT2D eigenvalue weighted by atomic mass is 10.1. The van der Waals surface area contributed by atoms with Crippen LogP contribution in [0.15, 0.2) is 30.6 Å². The predicted molar refractivity (Wildman–Crippen MR) is 84.2 cm³/mol. The molecular weight excluding hydrogens is 270 g/mol. The minimum Gasteiger partial charge on any atom is -0.335 e. The van der Waals surface area contributed by atoms with E-state index in [1.807, 2.05) is 18.5 Å². The van der Waals surface area contributed by atoms with E-state index in [2.05, 4.69) is 40.8 Å². The third-order valence-electron chi connectivity index (χ3n) is 3.36. The molecule has 2 aromatic rings. The average molecular weight is 292 g/mol. The summed E-state index contributed by atoms with van der Waals surface area (Å²) in [5.74, 6) is 1.10. The highest BCUT2D eigenvalue weighted by molar-refractivity contribution is 6.31. The number of aryl methyl sites for hydroxylation is 1. The largest absolute Gasteiger partial charge is 0.335 e. The number of nitrogens with one attached hydrogen (secondary N) is 1. The summed E-state index contributed by atoms with van der Waals surface area (Å²) in [5.41, 5.74) is 2.41. The number of benzene rings is 1. The van der Waals surface area contributed by atoms with Gasteiger partial charge in [0.25, 0.3) is 0 Å². The lowest BCUT2D eigenvalue weighted by Gasteiger charge is -2.09. The van der Waals surface area contributed by atoms with Gasteiger partial charge < -0.3 is 9.88 Å². The molecule has 1 aromatic heterocycles. The third kappa shape index (κ3) is 3.84. The van der Waals surface area contributed by atoms with E-state index in [9.17, 15) is 0 Å². The third-order valence-corrected chi connectivity index (χ3v) is 3.73. The molecule has 0 bridgehead atoms. The van der Waals surface area contributed by atoms with Gasteiger partial charge in [-0.2, -0.15) is 0 Å². The molecule has 3 nitrogen and oxygen atoms in total. The van der Waals surface area contributed by atoms with Crippen LogP contribution in [0.2, 0.25) is 5.02 Å². The molecule has 1 N–H and O–H groups in total. The zero-order chi connectivity index (χ0) is 14.4. The second-order valence-electron chi connectivity index (χ2n) is 4.91. The van der Waals surface area contributed by atoms with Crippen molar-refractivity contribution in [2.75, 3.05) is 6.54 Å². The van der Waals surface area contributed by atoms with Crippen molar-refractivity contribution in [3.05, 3.63) is 52.6 Å². The van der Waals surface area contributed by atoms with Crippen molar-refractivity contribution in [2.24, 2.45) is 0 Å². The maximum absolute atomic E-state index is 6.25. The Morgan fingerprint density at radius 1 is 1.30 bits per heavy atom. The first-order valence-electron chi connectivity index (χ1n) is 7.22. The van der Waals surface area contributed by atoms with Gasteiger partial charge >= 0.3 is 0 Å². The van der Waals surface area contributed by atoms with E-state index < -0.39 is 0 Å². The Balaban J connectivity index is 2.10. The van der Waals surface area contributed by atoms with Crippen LogP contribution in [0, 0.1) is 0 Å². The number of hydrogen-bond acceptors (Lipinski definition) is 2. The van der Waals surface area contributed by atoms with E-state index in [4.69, 9.17) is 11.6 Å². The summed E-state index contributed by atoms with van der Waals surface area (Å²) in [6.07, 6.45) is 5.86. The summed E-state index contributed by atoms with van der Waals surface area (Å²) in [5, 5.41) is 4.23. The standard InChI is InChI=1S/C16H22ClN3/c1-3-7-18-12-14-10-13(5-6-15(14)17)11-16-19-8-9-20(16)4-2/h5-6,8-10,18H,3-4,7,11-12H2,1-2H3. The molecule has 0 aliphatic heterocycles. The molecule has 0 amide bonds. The lowest BCUT2D eigenvalue weighted by molar-refractivity contribution is 0.674. The minimum atomic E-state index is 0.822. The highest BCUT2D eigenvalue weighted by Crippen LogP contribution is 2.19. The Morgan fingerprint density at radius 2 is 2.15 bits per heavy atom. The Hall–Kier alpha value is -1.32. The van der Waals surface area contributed by atoms with Crippen LogP contribution in [0.4, 0.5) is 0 Å². The summed E-state index contributed by atoms with van der Waals surface area (Å²) in [7, 11) is 0. The molecule has 2 rings (SSSR count). The van der Waals surface area contributed by atoms with Crippen LogP contribution in [0.3, 0.4) is 0 Å². The molecule has 0 aliphatic rings. The molecule has 0 saturated heterocycles. The molecule has 0 aliphatic carbocycles. The molecule has 108 valence electrons. The molecule has 4 heteroatoms. The molecule has 0 fully saturated rings. The van der Waals surface area contributed by atoms with Gasteiger partial charge in [-0.1, -0.05) is 30.7 Å². The molecule has 1 aromatic carbocycles. The van der Waals surface area contributed by atoms with E-state index >= 15 is 0 Å². The van der Waals surface area contributed by atoms with Crippen molar-refractivity contribution in [3.8, 4) is 0 Å². The number of hydrogen-bond donors (Lipinski definition) is 1. The van der Waals surface area contributed by atoms with Crippen LogP contribution in [0.1, 0.15) is 37.2 Å². The van der Waals surface area contributed by atoms with Gasteiger partial charge in [-0.15, -0.1) is 0 Å². The van der Waals surface area contributed by atoms with Crippen molar-refractivity contribution in [1.29, 1.82) is 0 Å². The number of aromatic nitrogens is 2. The fraction of sp³-hybridized carbons (Fsp3) is 0.438. The zero-order valence-electron chi connectivity index (χ0n) is 12.2. The van der Waals surface area contributed by atoms with Crippen molar-refractivity contribution in [3.63, 3.8) is 0 Å². The van der Waals surface area contributed by atoms with Gasteiger partial charge in [0, 0.05) is 36.9 Å². The normalized spacial score (nSPS) is 10.9. The van der Waals surface area contributed by atoms with Crippen molar-refractivity contribution >= 4 is 11.6 Å². The monoisotopic (exact) mass is 291 g/mol.